The number of benzene rings is 2. The van der Waals surface area contributed by atoms with Gasteiger partial charge in [0.1, 0.15) is 11.6 Å². The summed E-state index contributed by atoms with van der Waals surface area (Å²) in [6, 6.07) is 16.3. The molecule has 0 saturated carbocycles. The van der Waals surface area contributed by atoms with Crippen molar-refractivity contribution in [2.24, 2.45) is 0 Å². The Bertz CT molecular complexity index is 1270. The molecule has 4 rings (SSSR count). The number of nitrogens with one attached hydrogen (secondary N) is 1. The van der Waals surface area contributed by atoms with E-state index in [1.54, 1.807) is 48.8 Å². The summed E-state index contributed by atoms with van der Waals surface area (Å²) in [6.07, 6.45) is 4.87. The summed E-state index contributed by atoms with van der Waals surface area (Å²) in [6.45, 7) is 3.60. The van der Waals surface area contributed by atoms with E-state index >= 15 is 0 Å². The van der Waals surface area contributed by atoms with Crippen molar-refractivity contribution in [1.82, 2.24) is 20.2 Å². The summed E-state index contributed by atoms with van der Waals surface area (Å²) < 4.78 is 42.3. The summed E-state index contributed by atoms with van der Waals surface area (Å²) in [7, 11) is -3.76. The van der Waals surface area contributed by atoms with Crippen LogP contribution in [0.25, 0.3) is 0 Å². The van der Waals surface area contributed by atoms with Crippen LogP contribution in [0.4, 0.5) is 10.1 Å². The molecular weight excluding hydrogens is 493 g/mol. The van der Waals surface area contributed by atoms with Gasteiger partial charge in [0.05, 0.1) is 17.9 Å². The largest absolute Gasteiger partial charge is 0.353 e. The van der Waals surface area contributed by atoms with E-state index in [1.807, 2.05) is 13.0 Å². The van der Waals surface area contributed by atoms with Crippen LogP contribution in [0.2, 0.25) is 0 Å². The van der Waals surface area contributed by atoms with Crippen LogP contribution in [-0.4, -0.2) is 60.9 Å². The van der Waals surface area contributed by atoms with Gasteiger partial charge >= 0.3 is 0 Å². The third-order valence-electron chi connectivity index (χ3n) is 6.51. The quantitative estimate of drug-likeness (QED) is 0.437. The number of nitrogens with zero attached hydrogens (tertiary/aromatic N) is 4. The van der Waals surface area contributed by atoms with Gasteiger partial charge in [0.2, 0.25) is 15.9 Å². The molecule has 0 unspecified atom stereocenters. The molecule has 1 aromatic heterocycles. The number of carbonyl (C=O) groups excluding carboxylic acids is 1. The van der Waals surface area contributed by atoms with Gasteiger partial charge in [0.15, 0.2) is 0 Å². The molecule has 37 heavy (non-hydrogen) atoms. The Morgan fingerprint density at radius 1 is 1.08 bits per heavy atom. The van der Waals surface area contributed by atoms with Crippen LogP contribution in [-0.2, 0) is 27.0 Å². The molecule has 1 N–H and O–H groups in total. The number of carbonyl (C=O) groups is 1. The molecule has 2 aromatic carbocycles. The summed E-state index contributed by atoms with van der Waals surface area (Å²) in [4.78, 5) is 22.8. The standard InChI is InChI=1S/C27H32FN5O3S/c1-21(32-15-11-24(12-16-32)31-27(34)18-26-29-13-6-14-30-26)19-33(25-10-5-9-23(28)17-25)37(35,36)20-22-7-3-2-4-8-22/h2-10,13-14,17,21,24H,11-12,15-16,18-20H2,1H3,(H,31,34)/t21-/m1/s1. The molecule has 1 saturated heterocycles. The number of hydrogen-bond acceptors (Lipinski definition) is 6. The predicted molar refractivity (Wildman–Crippen MR) is 141 cm³/mol. The van der Waals surface area contributed by atoms with Gasteiger partial charge in [-0.1, -0.05) is 36.4 Å². The zero-order chi connectivity index (χ0) is 26.3. The number of halogens is 1. The number of aromatic nitrogens is 2. The van der Waals surface area contributed by atoms with Crippen LogP contribution in [0.15, 0.2) is 73.1 Å². The van der Waals surface area contributed by atoms with E-state index in [9.17, 15) is 17.6 Å². The molecule has 1 aliphatic heterocycles. The lowest BCUT2D eigenvalue weighted by Crippen LogP contribution is -2.51. The lowest BCUT2D eigenvalue weighted by molar-refractivity contribution is -0.121. The summed E-state index contributed by atoms with van der Waals surface area (Å²) in [5, 5.41) is 3.06. The molecule has 2 heterocycles. The molecule has 0 aliphatic carbocycles. The normalized spacial score (nSPS) is 15.7. The number of likely N-dealkylation sites (tertiary alicyclic amines) is 1. The minimum absolute atomic E-state index is 0.0424. The number of rotatable bonds is 10. The van der Waals surface area contributed by atoms with Gasteiger partial charge in [-0.2, -0.15) is 0 Å². The molecule has 0 bridgehead atoms. The second-order valence-electron chi connectivity index (χ2n) is 9.32. The van der Waals surface area contributed by atoms with Crippen LogP contribution in [0.5, 0.6) is 0 Å². The van der Waals surface area contributed by atoms with Gasteiger partial charge in [-0.3, -0.25) is 14.0 Å². The molecule has 10 heteroatoms. The lowest BCUT2D eigenvalue weighted by Gasteiger charge is -2.38. The fraction of sp³-hybridized carbons (Fsp3) is 0.370. The van der Waals surface area contributed by atoms with Gasteiger partial charge in [0, 0.05) is 44.1 Å². The van der Waals surface area contributed by atoms with Crippen LogP contribution in [0, 0.1) is 5.82 Å². The first kappa shape index (κ1) is 26.7. The van der Waals surface area contributed by atoms with Gasteiger partial charge in [-0.05, 0) is 49.6 Å². The molecule has 196 valence electrons. The maximum atomic E-state index is 14.0. The van der Waals surface area contributed by atoms with Crippen LogP contribution in [0.1, 0.15) is 31.2 Å². The average molecular weight is 526 g/mol. The highest BCUT2D eigenvalue weighted by molar-refractivity contribution is 7.92. The maximum Gasteiger partial charge on any atom is 0.239 e. The average Bonchev–Trinajstić information content (AvgIpc) is 2.88. The Kier molecular flexibility index (Phi) is 8.83. The lowest BCUT2D eigenvalue weighted by atomic mass is 10.0. The monoisotopic (exact) mass is 525 g/mol. The Morgan fingerprint density at radius 3 is 2.46 bits per heavy atom. The summed E-state index contributed by atoms with van der Waals surface area (Å²) in [5.41, 5.74) is 0.988. The van der Waals surface area contributed by atoms with Gasteiger partial charge in [-0.15, -0.1) is 0 Å². The van der Waals surface area contributed by atoms with Crippen LogP contribution in [0.3, 0.4) is 0 Å². The number of sulfonamides is 1. The first-order valence-corrected chi connectivity index (χ1v) is 14.0. The molecule has 8 nitrogen and oxygen atoms in total. The van der Waals surface area contributed by atoms with Crippen molar-refractivity contribution < 1.29 is 17.6 Å². The minimum atomic E-state index is -3.76. The van der Waals surface area contributed by atoms with E-state index in [-0.39, 0.29) is 36.7 Å². The van der Waals surface area contributed by atoms with Crippen molar-refractivity contribution >= 4 is 21.6 Å². The van der Waals surface area contributed by atoms with E-state index < -0.39 is 15.8 Å². The van der Waals surface area contributed by atoms with Crippen molar-refractivity contribution in [3.05, 3.63) is 90.3 Å². The Labute approximate surface area is 217 Å². The molecule has 1 fully saturated rings. The third kappa shape index (κ3) is 7.56. The van der Waals surface area contributed by atoms with Crippen molar-refractivity contribution in [2.75, 3.05) is 23.9 Å². The molecule has 0 radical (unpaired) electrons. The molecule has 0 spiro atoms. The van der Waals surface area contributed by atoms with Crippen LogP contribution >= 0.6 is 0 Å². The molecule has 1 amide bonds. The van der Waals surface area contributed by atoms with Crippen molar-refractivity contribution in [3.8, 4) is 0 Å². The number of hydrogen-bond donors (Lipinski definition) is 1. The highest BCUT2D eigenvalue weighted by Crippen LogP contribution is 2.24. The van der Waals surface area contributed by atoms with Gasteiger partial charge in [0.25, 0.3) is 0 Å². The van der Waals surface area contributed by atoms with E-state index in [4.69, 9.17) is 0 Å². The van der Waals surface area contributed by atoms with E-state index in [0.29, 0.717) is 30.2 Å². The van der Waals surface area contributed by atoms with E-state index in [2.05, 4.69) is 20.2 Å². The minimum Gasteiger partial charge on any atom is -0.353 e. The topological polar surface area (TPSA) is 95.5 Å². The number of piperidine rings is 1. The number of anilines is 1. The van der Waals surface area contributed by atoms with Crippen molar-refractivity contribution in [3.63, 3.8) is 0 Å². The second kappa shape index (κ2) is 12.2. The Morgan fingerprint density at radius 2 is 1.78 bits per heavy atom. The SMILES string of the molecule is C[C@H](CN(c1cccc(F)c1)S(=O)(=O)Cc1ccccc1)N1CCC(NC(=O)Cc2ncccn2)CC1. The Hall–Kier alpha value is -3.37. The first-order chi connectivity index (χ1) is 17.8. The zero-order valence-electron chi connectivity index (χ0n) is 20.8. The predicted octanol–water partition coefficient (Wildman–Crippen LogP) is 3.16. The fourth-order valence-electron chi connectivity index (χ4n) is 4.56. The molecule has 1 aliphatic rings. The highest BCUT2D eigenvalue weighted by atomic mass is 32.2. The fourth-order valence-corrected chi connectivity index (χ4v) is 6.20. The first-order valence-electron chi connectivity index (χ1n) is 12.4. The zero-order valence-corrected chi connectivity index (χ0v) is 21.6. The molecule has 3 aromatic rings. The maximum absolute atomic E-state index is 14.0. The Balaban J connectivity index is 1.38. The van der Waals surface area contributed by atoms with Gasteiger partial charge in [-0.25, -0.2) is 22.8 Å². The third-order valence-corrected chi connectivity index (χ3v) is 8.24. The number of amides is 1. The summed E-state index contributed by atoms with van der Waals surface area (Å²) >= 11 is 0. The molecular formula is C27H32FN5O3S. The molecule has 1 atom stereocenters. The van der Waals surface area contributed by atoms with Crippen molar-refractivity contribution in [1.29, 1.82) is 0 Å². The van der Waals surface area contributed by atoms with Crippen LogP contribution < -0.4 is 9.62 Å². The van der Waals surface area contributed by atoms with E-state index in [0.717, 1.165) is 12.8 Å². The summed E-state index contributed by atoms with van der Waals surface area (Å²) in [5.74, 6) is -0.277. The highest BCUT2D eigenvalue weighted by Gasteiger charge is 2.30. The smallest absolute Gasteiger partial charge is 0.239 e. The second-order valence-corrected chi connectivity index (χ2v) is 11.2. The van der Waals surface area contributed by atoms with Crippen molar-refractivity contribution in [2.45, 2.75) is 44.0 Å². The van der Waals surface area contributed by atoms with E-state index in [1.165, 1.54) is 22.5 Å². The van der Waals surface area contributed by atoms with Gasteiger partial charge < -0.3 is 5.32 Å².